The minimum absolute atomic E-state index is 0.00237. The molecule has 1 aromatic rings. The lowest BCUT2D eigenvalue weighted by atomic mass is 9.95. The number of nitrogens with two attached hydrogens (primary N) is 1. The summed E-state index contributed by atoms with van der Waals surface area (Å²) in [5.41, 5.74) is 5.86. The highest BCUT2D eigenvalue weighted by atomic mass is 79.9. The molecule has 0 bridgehead atoms. The smallest absolute Gasteiger partial charge is 0.257 e. The summed E-state index contributed by atoms with van der Waals surface area (Å²) in [5.74, 6) is -0.0259. The molecule has 1 aliphatic heterocycles. The number of amides is 1. The van der Waals surface area contributed by atoms with Crippen LogP contribution < -0.4 is 5.73 Å². The number of hydrogen-bond donors (Lipinski definition) is 3. The molecule has 6 nitrogen and oxygen atoms in total. The van der Waals surface area contributed by atoms with Gasteiger partial charge in [-0.15, -0.1) is 0 Å². The summed E-state index contributed by atoms with van der Waals surface area (Å²) in [5, 5.41) is 21.5. The Morgan fingerprint density at radius 1 is 1.40 bits per heavy atom. The average molecular weight is 342 g/mol. The standard InChI is InChI=1S/C13H16BrN3O3/c14-9-1-2-10(11(18)7-9)13(19)17-5-3-8(4-6-17)12(15)16-20/h1-2,7-8,18,20H,3-6H2,(H2,15,16). The number of piperidine rings is 1. The van der Waals surface area contributed by atoms with Gasteiger partial charge < -0.3 is 20.9 Å². The summed E-state index contributed by atoms with van der Waals surface area (Å²) in [6, 6.07) is 4.81. The van der Waals surface area contributed by atoms with Crippen molar-refractivity contribution in [3.05, 3.63) is 28.2 Å². The van der Waals surface area contributed by atoms with Gasteiger partial charge >= 0.3 is 0 Å². The van der Waals surface area contributed by atoms with Gasteiger partial charge in [-0.25, -0.2) is 0 Å². The Kier molecular flexibility index (Phi) is 4.49. The summed E-state index contributed by atoms with van der Waals surface area (Å²) >= 11 is 3.24. The van der Waals surface area contributed by atoms with Crippen LogP contribution >= 0.6 is 15.9 Å². The zero-order valence-corrected chi connectivity index (χ0v) is 12.4. The van der Waals surface area contributed by atoms with Crippen LogP contribution in [0.1, 0.15) is 23.2 Å². The van der Waals surface area contributed by atoms with Crippen molar-refractivity contribution in [1.29, 1.82) is 0 Å². The first-order valence-corrected chi connectivity index (χ1v) is 7.07. The highest BCUT2D eigenvalue weighted by Gasteiger charge is 2.27. The maximum Gasteiger partial charge on any atom is 0.257 e. The summed E-state index contributed by atoms with van der Waals surface area (Å²) < 4.78 is 0.720. The quantitative estimate of drug-likeness (QED) is 0.330. The van der Waals surface area contributed by atoms with Gasteiger partial charge in [0.05, 0.1) is 5.56 Å². The van der Waals surface area contributed by atoms with Gasteiger partial charge in [0.15, 0.2) is 0 Å². The summed E-state index contributed by atoms with van der Waals surface area (Å²) in [7, 11) is 0. The van der Waals surface area contributed by atoms with Gasteiger partial charge in [-0.1, -0.05) is 21.1 Å². The van der Waals surface area contributed by atoms with Gasteiger partial charge in [-0.05, 0) is 31.0 Å². The number of rotatable bonds is 2. The van der Waals surface area contributed by atoms with E-state index in [0.717, 1.165) is 4.47 Å². The molecule has 1 aromatic carbocycles. The van der Waals surface area contributed by atoms with E-state index in [1.165, 1.54) is 6.07 Å². The Labute approximate surface area is 125 Å². The van der Waals surface area contributed by atoms with Crippen molar-refractivity contribution in [3.8, 4) is 5.75 Å². The number of phenolic OH excluding ortho intramolecular Hbond substituents is 1. The van der Waals surface area contributed by atoms with Crippen LogP contribution in [0.4, 0.5) is 0 Å². The molecular formula is C13H16BrN3O3. The lowest BCUT2D eigenvalue weighted by Crippen LogP contribution is -2.41. The number of halogens is 1. The molecule has 1 saturated heterocycles. The van der Waals surface area contributed by atoms with Gasteiger partial charge in [0.1, 0.15) is 11.6 Å². The molecule has 108 valence electrons. The molecule has 1 fully saturated rings. The number of carbonyl (C=O) groups is 1. The van der Waals surface area contributed by atoms with E-state index in [1.807, 2.05) is 0 Å². The summed E-state index contributed by atoms with van der Waals surface area (Å²) in [6.45, 7) is 1.05. The fraction of sp³-hybridized carbons (Fsp3) is 0.385. The Bertz CT molecular complexity index is 540. The first-order chi connectivity index (χ1) is 9.52. The number of hydrogen-bond acceptors (Lipinski definition) is 4. The second kappa shape index (κ2) is 6.13. The summed E-state index contributed by atoms with van der Waals surface area (Å²) in [4.78, 5) is 14.0. The lowest BCUT2D eigenvalue weighted by molar-refractivity contribution is 0.0706. The topological polar surface area (TPSA) is 99.2 Å². The largest absolute Gasteiger partial charge is 0.507 e. The number of benzene rings is 1. The number of aromatic hydroxyl groups is 1. The Morgan fingerprint density at radius 3 is 2.60 bits per heavy atom. The molecule has 0 atom stereocenters. The molecule has 20 heavy (non-hydrogen) atoms. The van der Waals surface area contributed by atoms with E-state index in [9.17, 15) is 9.90 Å². The van der Waals surface area contributed by atoms with Crippen molar-refractivity contribution >= 4 is 27.7 Å². The molecule has 0 saturated carbocycles. The molecule has 0 unspecified atom stereocenters. The molecule has 0 aliphatic carbocycles. The Morgan fingerprint density at radius 2 is 2.05 bits per heavy atom. The van der Waals surface area contributed by atoms with Gasteiger partial charge in [0, 0.05) is 23.5 Å². The molecule has 0 radical (unpaired) electrons. The average Bonchev–Trinajstić information content (AvgIpc) is 2.46. The fourth-order valence-electron chi connectivity index (χ4n) is 2.32. The van der Waals surface area contributed by atoms with E-state index in [0.29, 0.717) is 25.9 Å². The van der Waals surface area contributed by atoms with Crippen molar-refractivity contribution in [3.63, 3.8) is 0 Å². The molecule has 1 aliphatic rings. The number of nitrogens with zero attached hydrogens (tertiary/aromatic N) is 2. The van der Waals surface area contributed by atoms with Crippen LogP contribution in [0.25, 0.3) is 0 Å². The monoisotopic (exact) mass is 341 g/mol. The normalized spacial score (nSPS) is 17.2. The lowest BCUT2D eigenvalue weighted by Gasteiger charge is -2.31. The number of carbonyl (C=O) groups excluding carboxylic acids is 1. The van der Waals surface area contributed by atoms with E-state index in [4.69, 9.17) is 10.9 Å². The second-order valence-corrected chi connectivity index (χ2v) is 5.67. The van der Waals surface area contributed by atoms with E-state index < -0.39 is 0 Å². The zero-order chi connectivity index (χ0) is 14.7. The Balaban J connectivity index is 2.05. The van der Waals surface area contributed by atoms with Crippen molar-refractivity contribution in [2.45, 2.75) is 12.8 Å². The maximum absolute atomic E-state index is 12.3. The minimum atomic E-state index is -0.201. The number of amidine groups is 1. The van der Waals surface area contributed by atoms with Crippen LogP contribution in [0.5, 0.6) is 5.75 Å². The van der Waals surface area contributed by atoms with Crippen LogP contribution in [0.2, 0.25) is 0 Å². The van der Waals surface area contributed by atoms with Crippen LogP contribution in [-0.2, 0) is 0 Å². The molecule has 4 N–H and O–H groups in total. The minimum Gasteiger partial charge on any atom is -0.507 e. The van der Waals surface area contributed by atoms with Crippen molar-refractivity contribution in [2.75, 3.05) is 13.1 Å². The van der Waals surface area contributed by atoms with Crippen molar-refractivity contribution in [1.82, 2.24) is 4.90 Å². The second-order valence-electron chi connectivity index (χ2n) is 4.75. The maximum atomic E-state index is 12.3. The molecule has 0 spiro atoms. The first kappa shape index (κ1) is 14.6. The molecular weight excluding hydrogens is 326 g/mol. The van der Waals surface area contributed by atoms with E-state index in [2.05, 4.69) is 21.1 Å². The fourth-order valence-corrected chi connectivity index (χ4v) is 2.66. The zero-order valence-electron chi connectivity index (χ0n) is 10.8. The molecule has 0 aromatic heterocycles. The van der Waals surface area contributed by atoms with Gasteiger partial charge in [-0.2, -0.15) is 0 Å². The number of oxime groups is 1. The van der Waals surface area contributed by atoms with Gasteiger partial charge in [0.2, 0.25) is 0 Å². The van der Waals surface area contributed by atoms with E-state index in [1.54, 1.807) is 17.0 Å². The van der Waals surface area contributed by atoms with Crippen LogP contribution in [0, 0.1) is 5.92 Å². The first-order valence-electron chi connectivity index (χ1n) is 6.28. The molecule has 7 heteroatoms. The van der Waals surface area contributed by atoms with Crippen LogP contribution in [0.15, 0.2) is 27.8 Å². The predicted molar refractivity (Wildman–Crippen MR) is 77.8 cm³/mol. The van der Waals surface area contributed by atoms with Crippen LogP contribution in [-0.4, -0.2) is 40.0 Å². The van der Waals surface area contributed by atoms with Gasteiger partial charge in [-0.3, -0.25) is 4.79 Å². The predicted octanol–water partition coefficient (Wildman–Crippen LogP) is 1.75. The number of phenols is 1. The van der Waals surface area contributed by atoms with Crippen molar-refractivity contribution < 1.29 is 15.1 Å². The highest BCUT2D eigenvalue weighted by Crippen LogP contribution is 2.25. The molecule has 2 rings (SSSR count). The third kappa shape index (κ3) is 3.04. The van der Waals surface area contributed by atoms with Gasteiger partial charge in [0.25, 0.3) is 5.91 Å². The van der Waals surface area contributed by atoms with Crippen molar-refractivity contribution in [2.24, 2.45) is 16.8 Å². The Hall–Kier alpha value is -1.76. The third-order valence-corrected chi connectivity index (χ3v) is 4.00. The SMILES string of the molecule is NC(=NO)C1CCN(C(=O)c2ccc(Br)cc2O)CC1. The molecule has 1 heterocycles. The van der Waals surface area contributed by atoms with Crippen LogP contribution in [0.3, 0.4) is 0 Å². The van der Waals surface area contributed by atoms with E-state index in [-0.39, 0.29) is 29.0 Å². The van der Waals surface area contributed by atoms with E-state index >= 15 is 0 Å². The third-order valence-electron chi connectivity index (χ3n) is 3.51. The number of likely N-dealkylation sites (tertiary alicyclic amines) is 1. The molecule has 1 amide bonds. The highest BCUT2D eigenvalue weighted by molar-refractivity contribution is 9.10. The summed E-state index contributed by atoms with van der Waals surface area (Å²) in [6.07, 6.45) is 1.30.